The third-order valence-corrected chi connectivity index (χ3v) is 2.24. The number of carbonyl (C=O) groups excluding carboxylic acids is 1. The Balaban J connectivity index is 2.34. The zero-order valence-electron chi connectivity index (χ0n) is 7.45. The molecule has 0 aromatic carbocycles. The Labute approximate surface area is 72.8 Å². The van der Waals surface area contributed by atoms with Gasteiger partial charge in [0, 0.05) is 6.61 Å². The highest BCUT2D eigenvalue weighted by atomic mass is 16.5. The zero-order valence-corrected chi connectivity index (χ0v) is 7.45. The first-order chi connectivity index (χ1) is 5.86. The van der Waals surface area contributed by atoms with Crippen molar-refractivity contribution >= 4 is 6.08 Å². The Morgan fingerprint density at radius 3 is 3.08 bits per heavy atom. The summed E-state index contributed by atoms with van der Waals surface area (Å²) in [4.78, 5) is 13.7. The normalized spacial score (nSPS) is 29.4. The van der Waals surface area contributed by atoms with Crippen LogP contribution in [0.2, 0.25) is 0 Å². The Morgan fingerprint density at radius 1 is 1.58 bits per heavy atom. The van der Waals surface area contributed by atoms with Crippen LogP contribution in [-0.4, -0.2) is 24.8 Å². The molecule has 1 aliphatic carbocycles. The summed E-state index contributed by atoms with van der Waals surface area (Å²) in [7, 11) is 0. The Hall–Kier alpha value is -0.660. The van der Waals surface area contributed by atoms with Crippen LogP contribution in [0.15, 0.2) is 4.99 Å². The van der Waals surface area contributed by atoms with E-state index >= 15 is 0 Å². The Bertz CT molecular complexity index is 173. The summed E-state index contributed by atoms with van der Waals surface area (Å²) in [5, 5.41) is 0. The largest absolute Gasteiger partial charge is 0.378 e. The van der Waals surface area contributed by atoms with Gasteiger partial charge >= 0.3 is 0 Å². The predicted octanol–water partition coefficient (Wildman–Crippen LogP) is 1.67. The number of rotatable bonds is 3. The fourth-order valence-electron chi connectivity index (χ4n) is 1.70. The maximum atomic E-state index is 10.0. The summed E-state index contributed by atoms with van der Waals surface area (Å²) in [5.41, 5.74) is 0. The van der Waals surface area contributed by atoms with Gasteiger partial charge in [0.25, 0.3) is 0 Å². The number of isocyanates is 1. The van der Waals surface area contributed by atoms with Crippen molar-refractivity contribution in [2.24, 2.45) is 4.99 Å². The molecule has 12 heavy (non-hydrogen) atoms. The average molecular weight is 169 g/mol. The van der Waals surface area contributed by atoms with E-state index < -0.39 is 0 Å². The summed E-state index contributed by atoms with van der Waals surface area (Å²) >= 11 is 0. The quantitative estimate of drug-likeness (QED) is 0.476. The average Bonchev–Trinajstić information content (AvgIpc) is 2.06. The van der Waals surface area contributed by atoms with Crippen LogP contribution in [0, 0.1) is 0 Å². The van der Waals surface area contributed by atoms with E-state index in [4.69, 9.17) is 4.74 Å². The number of nitrogens with zero attached hydrogens (tertiary/aromatic N) is 1. The number of hydrogen-bond donors (Lipinski definition) is 0. The fourth-order valence-corrected chi connectivity index (χ4v) is 1.70. The van der Waals surface area contributed by atoms with Crippen LogP contribution in [0.4, 0.5) is 0 Å². The first-order valence-electron chi connectivity index (χ1n) is 4.55. The molecular formula is C9H15NO2. The molecule has 1 aliphatic rings. The van der Waals surface area contributed by atoms with Gasteiger partial charge in [0.1, 0.15) is 0 Å². The fraction of sp³-hybridized carbons (Fsp3) is 0.889. The smallest absolute Gasteiger partial charge is 0.235 e. The van der Waals surface area contributed by atoms with Crippen LogP contribution >= 0.6 is 0 Å². The second-order valence-corrected chi connectivity index (χ2v) is 3.12. The third kappa shape index (κ3) is 2.76. The van der Waals surface area contributed by atoms with E-state index in [0.29, 0.717) is 6.10 Å². The highest BCUT2D eigenvalue weighted by Gasteiger charge is 2.21. The minimum absolute atomic E-state index is 0.160. The van der Waals surface area contributed by atoms with Crippen molar-refractivity contribution in [1.29, 1.82) is 0 Å². The van der Waals surface area contributed by atoms with Gasteiger partial charge in [-0.2, -0.15) is 0 Å². The topological polar surface area (TPSA) is 38.7 Å². The molecule has 0 bridgehead atoms. The van der Waals surface area contributed by atoms with Gasteiger partial charge in [-0.3, -0.25) is 0 Å². The lowest BCUT2D eigenvalue weighted by Gasteiger charge is -2.25. The Morgan fingerprint density at radius 2 is 2.42 bits per heavy atom. The molecule has 0 heterocycles. The first-order valence-corrected chi connectivity index (χ1v) is 4.55. The molecule has 0 N–H and O–H groups in total. The summed E-state index contributed by atoms with van der Waals surface area (Å²) in [6.07, 6.45) is 6.06. The van der Waals surface area contributed by atoms with Crippen LogP contribution in [0.3, 0.4) is 0 Å². The van der Waals surface area contributed by atoms with Crippen molar-refractivity contribution < 1.29 is 9.53 Å². The standard InChI is InChI=1S/C9H15NO2/c1-2-12-9-5-3-4-8(6-9)10-7-11/h8-9H,2-6H2,1H3. The molecule has 0 aromatic heterocycles. The van der Waals surface area contributed by atoms with Gasteiger partial charge < -0.3 is 4.74 Å². The minimum atomic E-state index is 0.160. The van der Waals surface area contributed by atoms with E-state index in [-0.39, 0.29) is 6.04 Å². The molecule has 0 saturated heterocycles. The Kier molecular flexibility index (Phi) is 3.98. The van der Waals surface area contributed by atoms with Gasteiger partial charge in [0.05, 0.1) is 12.1 Å². The highest BCUT2D eigenvalue weighted by Crippen LogP contribution is 2.22. The van der Waals surface area contributed by atoms with E-state index in [2.05, 4.69) is 4.99 Å². The number of aliphatic imine (C=N–C) groups is 1. The molecule has 0 aliphatic heterocycles. The molecule has 3 nitrogen and oxygen atoms in total. The van der Waals surface area contributed by atoms with Crippen molar-refractivity contribution in [2.45, 2.75) is 44.8 Å². The lowest BCUT2D eigenvalue weighted by molar-refractivity contribution is 0.0319. The molecule has 0 radical (unpaired) electrons. The van der Waals surface area contributed by atoms with Gasteiger partial charge in [-0.25, -0.2) is 9.79 Å². The van der Waals surface area contributed by atoms with Gasteiger partial charge in [-0.05, 0) is 32.6 Å². The monoisotopic (exact) mass is 169 g/mol. The van der Waals surface area contributed by atoms with Crippen LogP contribution in [0.25, 0.3) is 0 Å². The van der Waals surface area contributed by atoms with E-state index in [9.17, 15) is 4.79 Å². The minimum Gasteiger partial charge on any atom is -0.378 e. The van der Waals surface area contributed by atoms with Crippen LogP contribution in [0.1, 0.15) is 32.6 Å². The molecule has 2 atom stereocenters. The summed E-state index contributed by atoms with van der Waals surface area (Å²) in [6.45, 7) is 2.74. The second-order valence-electron chi connectivity index (χ2n) is 3.12. The van der Waals surface area contributed by atoms with E-state index in [1.54, 1.807) is 6.08 Å². The van der Waals surface area contributed by atoms with Gasteiger partial charge in [0.15, 0.2) is 0 Å². The van der Waals surface area contributed by atoms with E-state index in [1.807, 2.05) is 6.92 Å². The van der Waals surface area contributed by atoms with Gasteiger partial charge in [-0.1, -0.05) is 0 Å². The molecule has 2 unspecified atom stereocenters. The molecular weight excluding hydrogens is 154 g/mol. The van der Waals surface area contributed by atoms with Crippen molar-refractivity contribution in [3.8, 4) is 0 Å². The van der Waals surface area contributed by atoms with Crippen LogP contribution in [-0.2, 0) is 9.53 Å². The second kappa shape index (κ2) is 5.07. The SMILES string of the molecule is CCOC1CCCC(N=C=O)C1. The van der Waals surface area contributed by atoms with E-state index in [0.717, 1.165) is 32.3 Å². The molecule has 0 spiro atoms. The summed E-state index contributed by atoms with van der Waals surface area (Å²) < 4.78 is 5.47. The van der Waals surface area contributed by atoms with Gasteiger partial charge in [0.2, 0.25) is 6.08 Å². The maximum Gasteiger partial charge on any atom is 0.235 e. The molecule has 3 heteroatoms. The molecule has 1 rings (SSSR count). The maximum absolute atomic E-state index is 10.0. The van der Waals surface area contributed by atoms with Crippen molar-refractivity contribution in [3.05, 3.63) is 0 Å². The van der Waals surface area contributed by atoms with E-state index in [1.165, 1.54) is 0 Å². The highest BCUT2D eigenvalue weighted by molar-refractivity contribution is 5.33. The van der Waals surface area contributed by atoms with Crippen LogP contribution < -0.4 is 0 Å². The molecule has 0 aromatic rings. The molecule has 1 saturated carbocycles. The summed E-state index contributed by atoms with van der Waals surface area (Å²) in [6, 6.07) is 0.160. The summed E-state index contributed by atoms with van der Waals surface area (Å²) in [5.74, 6) is 0. The van der Waals surface area contributed by atoms with Crippen molar-refractivity contribution in [3.63, 3.8) is 0 Å². The predicted molar refractivity (Wildman–Crippen MR) is 45.8 cm³/mol. The zero-order chi connectivity index (χ0) is 8.81. The molecule has 0 amide bonds. The van der Waals surface area contributed by atoms with Crippen molar-refractivity contribution in [1.82, 2.24) is 0 Å². The number of hydrogen-bond acceptors (Lipinski definition) is 3. The third-order valence-electron chi connectivity index (χ3n) is 2.24. The lowest BCUT2D eigenvalue weighted by Crippen LogP contribution is -2.24. The molecule has 68 valence electrons. The van der Waals surface area contributed by atoms with Crippen LogP contribution in [0.5, 0.6) is 0 Å². The number of ether oxygens (including phenoxy) is 1. The first kappa shape index (κ1) is 9.43. The van der Waals surface area contributed by atoms with Gasteiger partial charge in [-0.15, -0.1) is 0 Å². The van der Waals surface area contributed by atoms with Crippen molar-refractivity contribution in [2.75, 3.05) is 6.61 Å². The molecule has 1 fully saturated rings. The lowest BCUT2D eigenvalue weighted by atomic mass is 9.93.